The standard InChI is InChI=1S/C22H16F3N5O5/c23-22(24,25)14-6-15-16(28-18(20(32)33)19(31)29-15)7-17(14)30-9-13(27-11-30)10-35-21(34)26-8-12-4-2-1-3-5-12/h1-7,9,11H,8,10H2,(H,26,34)(H,29,31)(H,32,33). The molecule has 0 bridgehead atoms. The third-order valence-corrected chi connectivity index (χ3v) is 4.86. The van der Waals surface area contributed by atoms with Crippen LogP contribution in [0.25, 0.3) is 16.7 Å². The van der Waals surface area contributed by atoms with E-state index in [9.17, 15) is 27.6 Å². The van der Waals surface area contributed by atoms with Crippen LogP contribution < -0.4 is 10.9 Å². The second-order valence-corrected chi connectivity index (χ2v) is 7.29. The lowest BCUT2D eigenvalue weighted by molar-refractivity contribution is -0.137. The Hall–Kier alpha value is -4.68. The molecule has 4 rings (SSSR count). The van der Waals surface area contributed by atoms with Gasteiger partial charge in [0.1, 0.15) is 6.61 Å². The van der Waals surface area contributed by atoms with Gasteiger partial charge in [-0.05, 0) is 17.7 Å². The fourth-order valence-corrected chi connectivity index (χ4v) is 3.24. The van der Waals surface area contributed by atoms with Crippen molar-refractivity contribution in [3.8, 4) is 5.69 Å². The van der Waals surface area contributed by atoms with E-state index in [-0.39, 0.29) is 29.9 Å². The zero-order chi connectivity index (χ0) is 25.2. The van der Waals surface area contributed by atoms with Gasteiger partial charge in [-0.15, -0.1) is 0 Å². The molecule has 0 aliphatic heterocycles. The number of imidazole rings is 1. The van der Waals surface area contributed by atoms with Crippen molar-refractivity contribution in [1.82, 2.24) is 24.8 Å². The minimum absolute atomic E-state index is 0.161. The van der Waals surface area contributed by atoms with Crippen molar-refractivity contribution in [1.29, 1.82) is 0 Å². The highest BCUT2D eigenvalue weighted by Crippen LogP contribution is 2.35. The number of hydrogen-bond donors (Lipinski definition) is 3. The van der Waals surface area contributed by atoms with Gasteiger partial charge < -0.3 is 24.7 Å². The third-order valence-electron chi connectivity index (χ3n) is 4.86. The molecule has 2 heterocycles. The Morgan fingerprint density at radius 3 is 2.60 bits per heavy atom. The minimum atomic E-state index is -4.82. The number of halogens is 3. The van der Waals surface area contributed by atoms with Gasteiger partial charge in [-0.3, -0.25) is 4.79 Å². The van der Waals surface area contributed by atoms with E-state index in [0.717, 1.165) is 22.5 Å². The lowest BCUT2D eigenvalue weighted by Gasteiger charge is -2.14. The van der Waals surface area contributed by atoms with E-state index in [1.165, 1.54) is 6.20 Å². The number of benzene rings is 2. The zero-order valence-electron chi connectivity index (χ0n) is 17.7. The van der Waals surface area contributed by atoms with E-state index < -0.39 is 40.7 Å². The van der Waals surface area contributed by atoms with E-state index in [0.29, 0.717) is 6.07 Å². The first-order chi connectivity index (χ1) is 16.6. The SMILES string of the molecule is O=C(NCc1ccccc1)OCc1cn(-c2cc3nc(C(=O)O)c(=O)[nH]c3cc2C(F)(F)F)cn1. The number of nitrogens with one attached hydrogen (secondary N) is 2. The Morgan fingerprint density at radius 1 is 1.17 bits per heavy atom. The van der Waals surface area contributed by atoms with Crippen LogP contribution in [0.15, 0.2) is 59.8 Å². The Bertz CT molecular complexity index is 1460. The van der Waals surface area contributed by atoms with Crippen molar-refractivity contribution >= 4 is 23.1 Å². The van der Waals surface area contributed by atoms with Crippen molar-refractivity contribution in [3.05, 3.63) is 87.9 Å². The van der Waals surface area contributed by atoms with Gasteiger partial charge in [0.05, 0.1) is 34.3 Å². The largest absolute Gasteiger partial charge is 0.476 e. The highest BCUT2D eigenvalue weighted by molar-refractivity contribution is 5.88. The summed E-state index contributed by atoms with van der Waals surface area (Å²) in [6.07, 6.45) is -3.24. The van der Waals surface area contributed by atoms with E-state index in [1.807, 2.05) is 30.3 Å². The number of alkyl carbamates (subject to hydrolysis) is 1. The maximum absolute atomic E-state index is 13.7. The number of carbonyl (C=O) groups excluding carboxylic acids is 1. The molecule has 2 aromatic heterocycles. The van der Waals surface area contributed by atoms with E-state index in [1.54, 1.807) is 0 Å². The molecular weight excluding hydrogens is 471 g/mol. The van der Waals surface area contributed by atoms with Crippen LogP contribution in [-0.2, 0) is 24.1 Å². The Labute approximate surface area is 194 Å². The number of carboxylic acids is 1. The smallest absolute Gasteiger partial charge is 0.418 e. The highest BCUT2D eigenvalue weighted by Gasteiger charge is 2.35. The average Bonchev–Trinajstić information content (AvgIpc) is 3.29. The molecule has 2 aromatic carbocycles. The van der Waals surface area contributed by atoms with Crippen molar-refractivity contribution in [2.24, 2.45) is 0 Å². The topological polar surface area (TPSA) is 139 Å². The lowest BCUT2D eigenvalue weighted by atomic mass is 10.1. The molecule has 0 spiro atoms. The van der Waals surface area contributed by atoms with Crippen molar-refractivity contribution < 1.29 is 32.6 Å². The van der Waals surface area contributed by atoms with Gasteiger partial charge in [0.25, 0.3) is 5.56 Å². The molecule has 0 saturated heterocycles. The number of amides is 1. The number of rotatable bonds is 6. The number of nitrogens with zero attached hydrogens (tertiary/aromatic N) is 3. The summed E-state index contributed by atoms with van der Waals surface area (Å²) in [4.78, 5) is 44.6. The van der Waals surface area contributed by atoms with Gasteiger partial charge in [0, 0.05) is 12.7 Å². The molecular formula is C22H16F3N5O5. The molecule has 0 atom stereocenters. The van der Waals surface area contributed by atoms with E-state index >= 15 is 0 Å². The summed E-state index contributed by atoms with van der Waals surface area (Å²) >= 11 is 0. The number of H-pyrrole nitrogens is 1. The fourth-order valence-electron chi connectivity index (χ4n) is 3.24. The summed E-state index contributed by atoms with van der Waals surface area (Å²) in [7, 11) is 0. The number of ether oxygens (including phenoxy) is 1. The van der Waals surface area contributed by atoms with Crippen molar-refractivity contribution in [2.75, 3.05) is 0 Å². The number of aromatic amines is 1. The predicted molar refractivity (Wildman–Crippen MR) is 115 cm³/mol. The first-order valence-corrected chi connectivity index (χ1v) is 9.98. The van der Waals surface area contributed by atoms with Crippen LogP contribution in [-0.4, -0.2) is 36.7 Å². The van der Waals surface area contributed by atoms with Gasteiger partial charge in [0.15, 0.2) is 0 Å². The van der Waals surface area contributed by atoms with Crippen molar-refractivity contribution in [3.63, 3.8) is 0 Å². The number of aromatic carboxylic acids is 1. The van der Waals surface area contributed by atoms with Gasteiger partial charge in [-0.1, -0.05) is 30.3 Å². The molecule has 35 heavy (non-hydrogen) atoms. The molecule has 1 amide bonds. The summed E-state index contributed by atoms with van der Waals surface area (Å²) in [5.41, 5.74) is -2.95. The maximum Gasteiger partial charge on any atom is 0.418 e. The zero-order valence-corrected chi connectivity index (χ0v) is 17.7. The molecule has 0 aliphatic rings. The summed E-state index contributed by atoms with van der Waals surface area (Å²) in [6, 6.07) is 10.7. The molecule has 0 fully saturated rings. The molecule has 0 radical (unpaired) electrons. The first-order valence-electron chi connectivity index (χ1n) is 9.98. The first kappa shape index (κ1) is 23.5. The van der Waals surface area contributed by atoms with Crippen LogP contribution in [0.3, 0.4) is 0 Å². The summed E-state index contributed by atoms with van der Waals surface area (Å²) in [6.45, 7) is -0.0785. The van der Waals surface area contributed by atoms with Crippen LogP contribution in [0.2, 0.25) is 0 Å². The molecule has 0 aliphatic carbocycles. The highest BCUT2D eigenvalue weighted by atomic mass is 19.4. The normalized spacial score (nSPS) is 11.4. The van der Waals surface area contributed by atoms with Crippen LogP contribution >= 0.6 is 0 Å². The second-order valence-electron chi connectivity index (χ2n) is 7.29. The van der Waals surface area contributed by atoms with E-state index in [2.05, 4.69) is 20.3 Å². The number of carboxylic acid groups (broad SMARTS) is 1. The molecule has 180 valence electrons. The van der Waals surface area contributed by atoms with Crippen LogP contribution in [0, 0.1) is 0 Å². The Morgan fingerprint density at radius 2 is 1.91 bits per heavy atom. The molecule has 10 nitrogen and oxygen atoms in total. The second kappa shape index (κ2) is 9.29. The lowest BCUT2D eigenvalue weighted by Crippen LogP contribution is -2.23. The molecule has 13 heteroatoms. The fraction of sp³-hybridized carbons (Fsp3) is 0.136. The number of aromatic nitrogens is 4. The van der Waals surface area contributed by atoms with Gasteiger partial charge in [-0.2, -0.15) is 13.2 Å². The average molecular weight is 487 g/mol. The Kier molecular flexibility index (Phi) is 6.23. The molecule has 4 aromatic rings. The molecule has 0 saturated carbocycles. The molecule has 3 N–H and O–H groups in total. The van der Waals surface area contributed by atoms with E-state index in [4.69, 9.17) is 9.84 Å². The number of fused-ring (bicyclic) bond motifs is 1. The van der Waals surface area contributed by atoms with Gasteiger partial charge >= 0.3 is 18.2 Å². The van der Waals surface area contributed by atoms with Crippen LogP contribution in [0.1, 0.15) is 27.3 Å². The van der Waals surface area contributed by atoms with Gasteiger partial charge in [0.2, 0.25) is 5.69 Å². The Balaban J connectivity index is 1.57. The number of carbonyl (C=O) groups is 2. The summed E-state index contributed by atoms with van der Waals surface area (Å²) < 4.78 is 47.3. The predicted octanol–water partition coefficient (Wildman–Crippen LogP) is 3.25. The van der Waals surface area contributed by atoms with Gasteiger partial charge in [-0.25, -0.2) is 19.6 Å². The van der Waals surface area contributed by atoms with Crippen LogP contribution in [0.5, 0.6) is 0 Å². The quantitative estimate of drug-likeness (QED) is 0.379. The minimum Gasteiger partial charge on any atom is -0.476 e. The third kappa shape index (κ3) is 5.29. The number of alkyl halides is 3. The number of hydrogen-bond acceptors (Lipinski definition) is 6. The van der Waals surface area contributed by atoms with Crippen LogP contribution in [0.4, 0.5) is 18.0 Å². The van der Waals surface area contributed by atoms with Crippen molar-refractivity contribution in [2.45, 2.75) is 19.3 Å². The summed E-state index contributed by atoms with van der Waals surface area (Å²) in [5, 5.41) is 11.6. The summed E-state index contributed by atoms with van der Waals surface area (Å²) in [5.74, 6) is -1.62. The monoisotopic (exact) mass is 487 g/mol. The maximum atomic E-state index is 13.7. The molecule has 0 unspecified atom stereocenters.